The van der Waals surface area contributed by atoms with Crippen LogP contribution < -0.4 is 0 Å². The van der Waals surface area contributed by atoms with Crippen molar-refractivity contribution < 1.29 is 18.9 Å². The minimum Gasteiger partial charge on any atom is -0.498 e. The molecule has 0 saturated carbocycles. The van der Waals surface area contributed by atoms with Crippen molar-refractivity contribution >= 4 is 19.1 Å². The molecule has 0 radical (unpaired) electrons. The molecular weight excluding hydrogens is 245 g/mol. The predicted octanol–water partition coefficient (Wildman–Crippen LogP) is 0.849. The van der Waals surface area contributed by atoms with E-state index in [0.29, 0.717) is 0 Å². The molecule has 1 aromatic rings. The summed E-state index contributed by atoms with van der Waals surface area (Å²) in [6.07, 6.45) is 0. The number of hydrogen-bond acceptors (Lipinski definition) is 5. The lowest BCUT2D eigenvalue weighted by molar-refractivity contribution is -0.145. The van der Waals surface area contributed by atoms with E-state index in [1.54, 1.807) is 11.9 Å². The molecule has 1 aromatic carbocycles. The van der Waals surface area contributed by atoms with Gasteiger partial charge in [0, 0.05) is 5.82 Å². The molecular formula is C13H16BNO4. The van der Waals surface area contributed by atoms with Crippen LogP contribution in [0.25, 0.3) is 0 Å². The zero-order valence-corrected chi connectivity index (χ0v) is 11.0. The second-order valence-electron chi connectivity index (χ2n) is 4.72. The highest BCUT2D eigenvalue weighted by Crippen LogP contribution is 2.20. The molecule has 0 amide bonds. The Hall–Kier alpha value is -1.82. The van der Waals surface area contributed by atoms with Gasteiger partial charge in [-0.25, -0.2) is 0 Å². The van der Waals surface area contributed by atoms with Gasteiger partial charge in [-0.2, -0.15) is 0 Å². The van der Waals surface area contributed by atoms with Gasteiger partial charge in [0.05, 0.1) is 13.1 Å². The molecule has 1 unspecified atom stereocenters. The summed E-state index contributed by atoms with van der Waals surface area (Å²) >= 11 is 0. The number of hydrogen-bond donors (Lipinski definition) is 0. The largest absolute Gasteiger partial charge is 0.606 e. The van der Waals surface area contributed by atoms with Crippen molar-refractivity contribution in [3.63, 3.8) is 0 Å². The van der Waals surface area contributed by atoms with Crippen LogP contribution in [0.4, 0.5) is 0 Å². The molecule has 100 valence electrons. The summed E-state index contributed by atoms with van der Waals surface area (Å²) in [5.74, 6) is -0.969. The van der Waals surface area contributed by atoms with E-state index < -0.39 is 7.12 Å². The highest BCUT2D eigenvalue weighted by molar-refractivity contribution is 6.50. The van der Waals surface area contributed by atoms with E-state index in [0.717, 1.165) is 5.56 Å². The van der Waals surface area contributed by atoms with Crippen molar-refractivity contribution in [2.24, 2.45) is 0 Å². The van der Waals surface area contributed by atoms with Gasteiger partial charge >= 0.3 is 19.1 Å². The summed E-state index contributed by atoms with van der Waals surface area (Å²) in [4.78, 5) is 24.9. The molecule has 1 aliphatic heterocycles. The monoisotopic (exact) mass is 261 g/mol. The first-order valence-corrected chi connectivity index (χ1v) is 6.18. The third kappa shape index (κ3) is 3.57. The number of likely N-dealkylation sites (N-methyl/N-ethyl adjacent to an activating group) is 1. The smallest absolute Gasteiger partial charge is 0.498 e. The number of carbonyl (C=O) groups is 2. The lowest BCUT2D eigenvalue weighted by Gasteiger charge is -2.25. The lowest BCUT2D eigenvalue weighted by Crippen LogP contribution is -2.44. The number of rotatable bonds is 2. The third-order valence-electron chi connectivity index (χ3n) is 3.03. The first-order chi connectivity index (χ1) is 9.06. The van der Waals surface area contributed by atoms with Gasteiger partial charge in [0.1, 0.15) is 0 Å². The molecule has 0 N–H and O–H groups in total. The summed E-state index contributed by atoms with van der Waals surface area (Å²) in [7, 11) is 0.805. The molecule has 0 aliphatic carbocycles. The SMILES string of the molecule is CC(B1OC(=O)CN(C)CC(=O)O1)c1ccccc1. The molecule has 0 bridgehead atoms. The van der Waals surface area contributed by atoms with E-state index in [4.69, 9.17) is 9.31 Å². The molecule has 1 saturated heterocycles. The molecule has 1 heterocycles. The third-order valence-corrected chi connectivity index (χ3v) is 3.03. The summed E-state index contributed by atoms with van der Waals surface area (Å²) in [5, 5.41) is 0. The topological polar surface area (TPSA) is 55.8 Å². The second-order valence-corrected chi connectivity index (χ2v) is 4.72. The molecule has 5 nitrogen and oxygen atoms in total. The van der Waals surface area contributed by atoms with Gasteiger partial charge < -0.3 is 9.31 Å². The van der Waals surface area contributed by atoms with Gasteiger partial charge in [0.25, 0.3) is 0 Å². The van der Waals surface area contributed by atoms with Gasteiger partial charge in [0.15, 0.2) is 0 Å². The first-order valence-electron chi connectivity index (χ1n) is 6.18. The van der Waals surface area contributed by atoms with Gasteiger partial charge in [0.2, 0.25) is 0 Å². The summed E-state index contributed by atoms with van der Waals surface area (Å²) in [6, 6.07) is 9.52. The van der Waals surface area contributed by atoms with E-state index in [-0.39, 0.29) is 30.8 Å². The maximum atomic E-state index is 11.6. The van der Waals surface area contributed by atoms with E-state index in [9.17, 15) is 9.59 Å². The van der Waals surface area contributed by atoms with Crippen LogP contribution in [0.5, 0.6) is 0 Å². The maximum Gasteiger partial charge on any atom is 0.606 e. The molecule has 0 spiro atoms. The van der Waals surface area contributed by atoms with Crippen molar-refractivity contribution in [1.82, 2.24) is 4.90 Å². The minimum atomic E-state index is -0.865. The zero-order valence-electron chi connectivity index (χ0n) is 11.0. The number of benzene rings is 1. The van der Waals surface area contributed by atoms with E-state index in [1.165, 1.54) is 0 Å². The second kappa shape index (κ2) is 5.88. The highest BCUT2D eigenvalue weighted by atomic mass is 16.6. The van der Waals surface area contributed by atoms with E-state index in [2.05, 4.69) is 0 Å². The van der Waals surface area contributed by atoms with Gasteiger partial charge in [-0.1, -0.05) is 37.3 Å². The van der Waals surface area contributed by atoms with Crippen molar-refractivity contribution in [2.75, 3.05) is 20.1 Å². The van der Waals surface area contributed by atoms with E-state index in [1.807, 2.05) is 37.3 Å². The minimum absolute atomic E-state index is 0.0904. The van der Waals surface area contributed by atoms with Gasteiger partial charge in [-0.15, -0.1) is 0 Å². The Morgan fingerprint density at radius 1 is 1.11 bits per heavy atom. The summed E-state index contributed by atoms with van der Waals surface area (Å²) in [6.45, 7) is 2.05. The molecule has 6 heteroatoms. The van der Waals surface area contributed by atoms with Crippen molar-refractivity contribution in [3.05, 3.63) is 35.9 Å². The lowest BCUT2D eigenvalue weighted by atomic mass is 9.69. The Kier molecular flexibility index (Phi) is 4.22. The van der Waals surface area contributed by atoms with Crippen LogP contribution in [0.1, 0.15) is 18.3 Å². The standard InChI is InChI=1S/C13H16BNO4/c1-10(11-6-4-3-5-7-11)14-18-12(16)8-15(2)9-13(17)19-14/h3-7,10H,8-9H2,1-2H3. The zero-order chi connectivity index (χ0) is 13.8. The van der Waals surface area contributed by atoms with Crippen molar-refractivity contribution in [3.8, 4) is 0 Å². The van der Waals surface area contributed by atoms with Crippen molar-refractivity contribution in [1.29, 1.82) is 0 Å². The van der Waals surface area contributed by atoms with Crippen LogP contribution >= 0.6 is 0 Å². The fourth-order valence-electron chi connectivity index (χ4n) is 1.97. The summed E-state index contributed by atoms with van der Waals surface area (Å²) in [5.41, 5.74) is 0.960. The molecule has 1 aliphatic rings. The average Bonchev–Trinajstić information content (AvgIpc) is 2.36. The highest BCUT2D eigenvalue weighted by Gasteiger charge is 2.37. The fourth-order valence-corrected chi connectivity index (χ4v) is 1.97. The Bertz CT molecular complexity index is 445. The molecule has 1 fully saturated rings. The first kappa shape index (κ1) is 13.6. The summed E-state index contributed by atoms with van der Waals surface area (Å²) < 4.78 is 10.4. The van der Waals surface area contributed by atoms with Crippen LogP contribution in [0.3, 0.4) is 0 Å². The number of carbonyl (C=O) groups excluding carboxylic acids is 2. The predicted molar refractivity (Wildman–Crippen MR) is 70.3 cm³/mol. The van der Waals surface area contributed by atoms with Crippen LogP contribution in [0.2, 0.25) is 0 Å². The van der Waals surface area contributed by atoms with Crippen LogP contribution in [0, 0.1) is 0 Å². The number of nitrogens with zero attached hydrogens (tertiary/aromatic N) is 1. The Morgan fingerprint density at radius 3 is 2.16 bits per heavy atom. The van der Waals surface area contributed by atoms with E-state index >= 15 is 0 Å². The maximum absolute atomic E-state index is 11.6. The van der Waals surface area contributed by atoms with Gasteiger partial charge in [-0.05, 0) is 12.6 Å². The molecule has 2 rings (SSSR count). The van der Waals surface area contributed by atoms with Crippen molar-refractivity contribution in [2.45, 2.75) is 12.7 Å². The average molecular weight is 261 g/mol. The Labute approximate surface area is 112 Å². The Balaban J connectivity index is 2.13. The van der Waals surface area contributed by atoms with Crippen LogP contribution in [-0.4, -0.2) is 44.1 Å². The van der Waals surface area contributed by atoms with Crippen LogP contribution in [-0.2, 0) is 18.9 Å². The van der Waals surface area contributed by atoms with Gasteiger partial charge in [-0.3, -0.25) is 14.5 Å². The molecule has 19 heavy (non-hydrogen) atoms. The quantitative estimate of drug-likeness (QED) is 0.739. The van der Waals surface area contributed by atoms with Crippen LogP contribution in [0.15, 0.2) is 30.3 Å². The Morgan fingerprint density at radius 2 is 1.63 bits per heavy atom. The normalized spacial score (nSPS) is 19.2. The fraction of sp³-hybridized carbons (Fsp3) is 0.385. The molecule has 1 atom stereocenters. The molecule has 0 aromatic heterocycles.